The summed E-state index contributed by atoms with van der Waals surface area (Å²) in [7, 11) is 4.03. The van der Waals surface area contributed by atoms with E-state index in [2.05, 4.69) is 67.2 Å². The summed E-state index contributed by atoms with van der Waals surface area (Å²) >= 11 is 6.50. The normalized spacial score (nSPS) is 15.1. The molecule has 0 amide bonds. The van der Waals surface area contributed by atoms with E-state index in [1.165, 1.54) is 5.69 Å². The number of aromatic amines is 1. The average molecular weight is 459 g/mol. The van der Waals surface area contributed by atoms with Gasteiger partial charge < -0.3 is 14.8 Å². The fourth-order valence-corrected chi connectivity index (χ4v) is 4.56. The third-order valence-corrected chi connectivity index (χ3v) is 6.54. The predicted octanol–water partition coefficient (Wildman–Crippen LogP) is 3.98. The Labute approximate surface area is 195 Å². The van der Waals surface area contributed by atoms with Gasteiger partial charge in [-0.3, -0.25) is 4.68 Å². The minimum atomic E-state index is 0.358. The third-order valence-electron chi connectivity index (χ3n) is 6.26. The highest BCUT2D eigenvalue weighted by atomic mass is 35.5. The molecule has 1 fully saturated rings. The number of anilines is 1. The van der Waals surface area contributed by atoms with Crippen LogP contribution in [0.1, 0.15) is 0 Å². The Bertz CT molecular complexity index is 1460. The molecule has 1 aliphatic rings. The van der Waals surface area contributed by atoms with Gasteiger partial charge in [-0.1, -0.05) is 23.7 Å². The maximum absolute atomic E-state index is 6.50. The van der Waals surface area contributed by atoms with Gasteiger partial charge in [-0.25, -0.2) is 15.0 Å². The maximum Gasteiger partial charge on any atom is 0.182 e. The van der Waals surface area contributed by atoms with E-state index in [0.717, 1.165) is 53.9 Å². The van der Waals surface area contributed by atoms with Crippen molar-refractivity contribution in [1.29, 1.82) is 0 Å². The van der Waals surface area contributed by atoms with Gasteiger partial charge in [0.05, 0.1) is 0 Å². The summed E-state index contributed by atoms with van der Waals surface area (Å²) in [6.07, 6.45) is 3.74. The molecule has 6 rings (SSSR count). The monoisotopic (exact) mass is 458 g/mol. The van der Waals surface area contributed by atoms with E-state index in [0.29, 0.717) is 22.2 Å². The molecule has 0 radical (unpaired) electrons. The van der Waals surface area contributed by atoms with Gasteiger partial charge in [0.1, 0.15) is 22.4 Å². The lowest BCUT2D eigenvalue weighted by Gasteiger charge is -2.34. The molecule has 1 saturated heterocycles. The Morgan fingerprint density at radius 1 is 0.939 bits per heavy atom. The number of aryl methyl sites for hydroxylation is 1. The summed E-state index contributed by atoms with van der Waals surface area (Å²) < 4.78 is 1.72. The van der Waals surface area contributed by atoms with Crippen molar-refractivity contribution in [2.24, 2.45) is 7.05 Å². The molecular weight excluding hydrogens is 436 g/mol. The summed E-state index contributed by atoms with van der Waals surface area (Å²) in [5, 5.41) is 5.68. The van der Waals surface area contributed by atoms with Crippen molar-refractivity contribution in [1.82, 2.24) is 34.6 Å². The lowest BCUT2D eigenvalue weighted by atomic mass is 10.1. The van der Waals surface area contributed by atoms with Crippen molar-refractivity contribution >= 4 is 39.4 Å². The van der Waals surface area contributed by atoms with Crippen LogP contribution < -0.4 is 4.90 Å². The minimum Gasteiger partial charge on any atom is -0.369 e. The SMILES string of the molecule is CN1CCN(c2ccc(-c3cnc4[nH]c5c(Cl)nc(-c6ccn(C)n6)nc5c4c3)cc2)CC1. The number of fused-ring (bicyclic) bond motifs is 3. The molecular formula is C24H23ClN8. The van der Waals surface area contributed by atoms with E-state index in [9.17, 15) is 0 Å². The predicted molar refractivity (Wildman–Crippen MR) is 132 cm³/mol. The number of nitrogens with zero attached hydrogens (tertiary/aromatic N) is 7. The Morgan fingerprint density at radius 2 is 1.73 bits per heavy atom. The molecule has 1 aromatic carbocycles. The molecule has 166 valence electrons. The Hall–Kier alpha value is -3.49. The molecule has 0 spiro atoms. The first-order chi connectivity index (χ1) is 16.0. The van der Waals surface area contributed by atoms with Gasteiger partial charge in [0.2, 0.25) is 0 Å². The summed E-state index contributed by atoms with van der Waals surface area (Å²) in [5.41, 5.74) is 6.24. The number of hydrogen-bond acceptors (Lipinski definition) is 6. The molecule has 8 nitrogen and oxygen atoms in total. The number of nitrogens with one attached hydrogen (secondary N) is 1. The van der Waals surface area contributed by atoms with E-state index in [4.69, 9.17) is 16.6 Å². The highest BCUT2D eigenvalue weighted by Crippen LogP contribution is 2.32. The standard InChI is InChI=1S/C24H23ClN8/c1-31-9-11-33(12-10-31)17-5-3-15(4-6-17)16-13-18-20-21(28-23(18)26-14-16)22(25)29-24(27-20)19-7-8-32(2)30-19/h3-8,13-14H,9-12H2,1-2H3,(H,26,28). The van der Waals surface area contributed by atoms with Gasteiger partial charge in [-0.05, 0) is 36.9 Å². The molecule has 0 bridgehead atoms. The number of pyridine rings is 1. The van der Waals surface area contributed by atoms with Crippen molar-refractivity contribution in [3.63, 3.8) is 0 Å². The summed E-state index contributed by atoms with van der Waals surface area (Å²) in [5.74, 6) is 0.496. The number of piperazine rings is 1. The van der Waals surface area contributed by atoms with Gasteiger partial charge in [-0.2, -0.15) is 5.10 Å². The molecule has 33 heavy (non-hydrogen) atoms. The maximum atomic E-state index is 6.50. The molecule has 0 aliphatic carbocycles. The van der Waals surface area contributed by atoms with Crippen molar-refractivity contribution in [3.8, 4) is 22.6 Å². The molecule has 0 saturated carbocycles. The highest BCUT2D eigenvalue weighted by molar-refractivity contribution is 6.34. The molecule has 9 heteroatoms. The van der Waals surface area contributed by atoms with E-state index in [1.54, 1.807) is 4.68 Å². The van der Waals surface area contributed by atoms with E-state index < -0.39 is 0 Å². The molecule has 1 N–H and O–H groups in total. The fraction of sp³-hybridized carbons (Fsp3) is 0.250. The minimum absolute atomic E-state index is 0.358. The van der Waals surface area contributed by atoms with E-state index in [1.807, 2.05) is 25.5 Å². The second-order valence-electron chi connectivity index (χ2n) is 8.52. The largest absolute Gasteiger partial charge is 0.369 e. The van der Waals surface area contributed by atoms with Crippen LogP contribution in [0.4, 0.5) is 5.69 Å². The second kappa shape index (κ2) is 7.83. The summed E-state index contributed by atoms with van der Waals surface area (Å²) in [6.45, 7) is 4.29. The van der Waals surface area contributed by atoms with Gasteiger partial charge in [0, 0.05) is 62.3 Å². The molecule has 1 aliphatic heterocycles. The van der Waals surface area contributed by atoms with Crippen LogP contribution in [0.2, 0.25) is 5.15 Å². The molecule has 0 atom stereocenters. The first-order valence-electron chi connectivity index (χ1n) is 10.9. The zero-order valence-electron chi connectivity index (χ0n) is 18.5. The molecule has 5 heterocycles. The van der Waals surface area contributed by atoms with Crippen LogP contribution in [0.15, 0.2) is 48.8 Å². The number of hydrogen-bond donors (Lipinski definition) is 1. The van der Waals surface area contributed by atoms with Gasteiger partial charge >= 0.3 is 0 Å². The molecule has 0 unspecified atom stereocenters. The number of likely N-dealkylation sites (N-methyl/N-ethyl adjacent to an activating group) is 1. The smallest absolute Gasteiger partial charge is 0.182 e. The molecule has 4 aromatic heterocycles. The fourth-order valence-electron chi connectivity index (χ4n) is 4.34. The number of H-pyrrole nitrogens is 1. The zero-order valence-corrected chi connectivity index (χ0v) is 19.2. The first kappa shape index (κ1) is 20.1. The quantitative estimate of drug-likeness (QED) is 0.412. The number of halogens is 1. The van der Waals surface area contributed by atoms with Crippen molar-refractivity contribution in [2.75, 3.05) is 38.1 Å². The average Bonchev–Trinajstić information content (AvgIpc) is 3.43. The number of aromatic nitrogens is 6. The topological polar surface area (TPSA) is 78.8 Å². The lowest BCUT2D eigenvalue weighted by Crippen LogP contribution is -2.44. The first-order valence-corrected chi connectivity index (χ1v) is 11.3. The van der Waals surface area contributed by atoms with E-state index in [-0.39, 0.29) is 0 Å². The summed E-state index contributed by atoms with van der Waals surface area (Å²) in [4.78, 5) is 21.9. The van der Waals surface area contributed by atoms with Crippen LogP contribution in [-0.4, -0.2) is 67.8 Å². The van der Waals surface area contributed by atoms with Crippen molar-refractivity contribution in [3.05, 3.63) is 53.9 Å². The Morgan fingerprint density at radius 3 is 2.45 bits per heavy atom. The van der Waals surface area contributed by atoms with Crippen LogP contribution in [0.5, 0.6) is 0 Å². The van der Waals surface area contributed by atoms with Crippen LogP contribution in [0.3, 0.4) is 0 Å². The molecule has 5 aromatic rings. The lowest BCUT2D eigenvalue weighted by molar-refractivity contribution is 0.313. The highest BCUT2D eigenvalue weighted by Gasteiger charge is 2.17. The zero-order chi connectivity index (χ0) is 22.5. The third kappa shape index (κ3) is 3.61. The van der Waals surface area contributed by atoms with Gasteiger partial charge in [-0.15, -0.1) is 0 Å². The second-order valence-corrected chi connectivity index (χ2v) is 8.88. The van der Waals surface area contributed by atoms with Crippen molar-refractivity contribution < 1.29 is 0 Å². The van der Waals surface area contributed by atoms with Crippen LogP contribution in [-0.2, 0) is 7.05 Å². The van der Waals surface area contributed by atoms with E-state index >= 15 is 0 Å². The Kier molecular flexibility index (Phi) is 4.78. The van der Waals surface area contributed by atoms with Crippen molar-refractivity contribution in [2.45, 2.75) is 0 Å². The number of benzene rings is 1. The van der Waals surface area contributed by atoms with Gasteiger partial charge in [0.25, 0.3) is 0 Å². The Balaban J connectivity index is 1.39. The summed E-state index contributed by atoms with van der Waals surface area (Å²) in [6, 6.07) is 12.7. The number of rotatable bonds is 3. The van der Waals surface area contributed by atoms with Crippen LogP contribution in [0.25, 0.3) is 44.7 Å². The van der Waals surface area contributed by atoms with Gasteiger partial charge in [0.15, 0.2) is 11.0 Å². The van der Waals surface area contributed by atoms with Crippen LogP contribution in [0, 0.1) is 0 Å². The van der Waals surface area contributed by atoms with Crippen LogP contribution >= 0.6 is 11.6 Å².